The lowest BCUT2D eigenvalue weighted by molar-refractivity contribution is -0.690. The number of pyridine rings is 1. The topological polar surface area (TPSA) is 76.1 Å². The minimum atomic E-state index is -0.471. The van der Waals surface area contributed by atoms with Crippen LogP contribution in [0.3, 0.4) is 0 Å². The molecule has 1 aromatic heterocycles. The van der Waals surface area contributed by atoms with Crippen molar-refractivity contribution in [3.05, 3.63) is 64.0 Å². The average Bonchev–Trinajstić information content (AvgIpc) is 2.50. The summed E-state index contributed by atoms with van der Waals surface area (Å²) in [4.78, 5) is 22.2. The minimum Gasteiger partial charge on any atom is -0.321 e. The van der Waals surface area contributed by atoms with Crippen molar-refractivity contribution in [2.75, 3.05) is 5.32 Å². The number of carbonyl (C=O) groups is 1. The van der Waals surface area contributed by atoms with E-state index in [9.17, 15) is 14.9 Å². The summed E-state index contributed by atoms with van der Waals surface area (Å²) in [5, 5.41) is 13.3. The second-order valence-corrected chi connectivity index (χ2v) is 5.01. The van der Waals surface area contributed by atoms with Gasteiger partial charge in [-0.1, -0.05) is 6.92 Å². The molecule has 1 heterocycles. The molecule has 2 aromatic rings. The number of nitrogens with zero attached hydrogens (tertiary/aromatic N) is 2. The lowest BCUT2D eigenvalue weighted by atomic mass is 10.2. The van der Waals surface area contributed by atoms with E-state index in [1.54, 1.807) is 0 Å². The number of aryl methyl sites for hydroxylation is 2. The quantitative estimate of drug-likeness (QED) is 0.523. The molecule has 0 bridgehead atoms. The maximum absolute atomic E-state index is 12.1. The Balaban J connectivity index is 2.05. The highest BCUT2D eigenvalue weighted by Gasteiger charge is 2.14. The molecule has 0 spiro atoms. The van der Waals surface area contributed by atoms with Crippen LogP contribution in [-0.2, 0) is 17.8 Å². The summed E-state index contributed by atoms with van der Waals surface area (Å²) in [5.41, 5.74) is 2.70. The maximum Gasteiger partial charge on any atom is 0.290 e. The van der Waals surface area contributed by atoms with Gasteiger partial charge in [-0.25, -0.2) is 0 Å². The predicted molar refractivity (Wildman–Crippen MR) is 82.5 cm³/mol. The molecule has 22 heavy (non-hydrogen) atoms. The summed E-state index contributed by atoms with van der Waals surface area (Å²) in [5.74, 6) is -0.171. The molecule has 0 atom stereocenters. The largest absolute Gasteiger partial charge is 0.321 e. The fourth-order valence-corrected chi connectivity index (χ4v) is 2.07. The van der Waals surface area contributed by atoms with Gasteiger partial charge >= 0.3 is 0 Å². The second kappa shape index (κ2) is 6.80. The van der Waals surface area contributed by atoms with Crippen LogP contribution in [0.4, 0.5) is 11.4 Å². The van der Waals surface area contributed by atoms with E-state index in [2.05, 4.69) is 12.2 Å². The van der Waals surface area contributed by atoms with E-state index in [4.69, 9.17) is 0 Å². The maximum atomic E-state index is 12.1. The highest BCUT2D eigenvalue weighted by Crippen LogP contribution is 2.15. The third-order valence-electron chi connectivity index (χ3n) is 3.40. The summed E-state index contributed by atoms with van der Waals surface area (Å²) < 4.78 is 1.89. The van der Waals surface area contributed by atoms with Crippen molar-refractivity contribution in [2.24, 2.45) is 0 Å². The molecule has 1 aromatic carbocycles. The normalized spacial score (nSPS) is 10.3. The number of nitro benzene ring substituents is 1. The molecule has 1 N–H and O–H groups in total. The molecule has 6 heteroatoms. The summed E-state index contributed by atoms with van der Waals surface area (Å²) in [7, 11) is 0. The van der Waals surface area contributed by atoms with E-state index in [0.717, 1.165) is 17.7 Å². The van der Waals surface area contributed by atoms with E-state index < -0.39 is 4.92 Å². The first-order valence-corrected chi connectivity index (χ1v) is 7.03. The van der Waals surface area contributed by atoms with Crippen LogP contribution in [0.1, 0.15) is 18.2 Å². The van der Waals surface area contributed by atoms with Gasteiger partial charge in [0.2, 0.25) is 6.54 Å². The molecule has 0 saturated carbocycles. The number of non-ortho nitro benzene ring substituents is 1. The van der Waals surface area contributed by atoms with Crippen LogP contribution in [-0.4, -0.2) is 10.8 Å². The van der Waals surface area contributed by atoms with E-state index >= 15 is 0 Å². The molecule has 1 amide bonds. The number of hydrogen-bond acceptors (Lipinski definition) is 3. The Labute approximate surface area is 128 Å². The highest BCUT2D eigenvalue weighted by molar-refractivity contribution is 5.89. The number of anilines is 1. The van der Waals surface area contributed by atoms with Gasteiger partial charge in [-0.15, -0.1) is 0 Å². The van der Waals surface area contributed by atoms with E-state index in [1.165, 1.54) is 24.3 Å². The van der Waals surface area contributed by atoms with Gasteiger partial charge in [-0.05, 0) is 24.6 Å². The van der Waals surface area contributed by atoms with Gasteiger partial charge in [-0.3, -0.25) is 14.9 Å². The third kappa shape index (κ3) is 3.88. The number of hydrogen-bond donors (Lipinski definition) is 1. The van der Waals surface area contributed by atoms with Gasteiger partial charge in [-0.2, -0.15) is 4.57 Å². The number of carbonyl (C=O) groups excluding carboxylic acids is 1. The number of aromatic nitrogens is 1. The van der Waals surface area contributed by atoms with Gasteiger partial charge in [0.05, 0.1) is 4.92 Å². The lowest BCUT2D eigenvalue weighted by Crippen LogP contribution is -2.43. The van der Waals surface area contributed by atoms with Crippen molar-refractivity contribution in [1.82, 2.24) is 0 Å². The summed E-state index contributed by atoms with van der Waals surface area (Å²) >= 11 is 0. The SMILES string of the molecule is CCc1ccc(C)[n+](CC(=O)Nc2ccc([N+](=O)[O-])cc2)c1. The molecular weight excluding hydrogens is 282 g/mol. The van der Waals surface area contributed by atoms with Gasteiger partial charge in [0.15, 0.2) is 11.9 Å². The first-order valence-electron chi connectivity index (χ1n) is 7.03. The predicted octanol–water partition coefficient (Wildman–Crippen LogP) is 2.39. The Kier molecular flexibility index (Phi) is 4.83. The molecular formula is C16H18N3O3+. The van der Waals surface area contributed by atoms with Crippen molar-refractivity contribution in [3.8, 4) is 0 Å². The van der Waals surface area contributed by atoms with E-state index in [-0.39, 0.29) is 18.1 Å². The van der Waals surface area contributed by atoms with Gasteiger partial charge in [0, 0.05) is 36.4 Å². The smallest absolute Gasteiger partial charge is 0.290 e. The molecule has 0 radical (unpaired) electrons. The van der Waals surface area contributed by atoms with Crippen LogP contribution >= 0.6 is 0 Å². The minimum absolute atomic E-state index is 0.00105. The fraction of sp³-hybridized carbons (Fsp3) is 0.250. The van der Waals surface area contributed by atoms with Crippen LogP contribution in [0.2, 0.25) is 0 Å². The van der Waals surface area contributed by atoms with Crippen LogP contribution < -0.4 is 9.88 Å². The Morgan fingerprint density at radius 2 is 1.91 bits per heavy atom. The van der Waals surface area contributed by atoms with Crippen molar-refractivity contribution in [1.29, 1.82) is 0 Å². The Morgan fingerprint density at radius 3 is 2.50 bits per heavy atom. The number of amides is 1. The molecule has 0 aliphatic carbocycles. The van der Waals surface area contributed by atoms with E-state index in [1.807, 2.05) is 29.8 Å². The molecule has 0 unspecified atom stereocenters. The summed E-state index contributed by atoms with van der Waals surface area (Å²) in [6.07, 6.45) is 2.87. The number of nitrogens with one attached hydrogen (secondary N) is 1. The van der Waals surface area contributed by atoms with E-state index in [0.29, 0.717) is 5.69 Å². The van der Waals surface area contributed by atoms with Gasteiger partial charge < -0.3 is 5.32 Å². The zero-order valence-electron chi connectivity index (χ0n) is 12.6. The Morgan fingerprint density at radius 1 is 1.23 bits per heavy atom. The van der Waals surface area contributed by atoms with Crippen LogP contribution in [0, 0.1) is 17.0 Å². The van der Waals surface area contributed by atoms with Crippen molar-refractivity contribution in [2.45, 2.75) is 26.8 Å². The molecule has 2 rings (SSSR count). The number of nitro groups is 1. The average molecular weight is 300 g/mol. The number of rotatable bonds is 5. The molecule has 0 aliphatic heterocycles. The Bertz CT molecular complexity index is 696. The van der Waals surface area contributed by atoms with Crippen LogP contribution in [0.5, 0.6) is 0 Å². The van der Waals surface area contributed by atoms with Crippen LogP contribution in [0.15, 0.2) is 42.6 Å². The highest BCUT2D eigenvalue weighted by atomic mass is 16.6. The molecule has 6 nitrogen and oxygen atoms in total. The molecule has 0 saturated heterocycles. The standard InChI is InChI=1S/C16H17N3O3/c1-3-13-5-4-12(2)18(10-13)11-16(20)17-14-6-8-15(9-7-14)19(21)22/h4-10H,3,11H2,1-2H3/p+1. The van der Waals surface area contributed by atoms with Crippen molar-refractivity contribution >= 4 is 17.3 Å². The first kappa shape index (κ1) is 15.6. The van der Waals surface area contributed by atoms with Gasteiger partial charge in [0.1, 0.15) is 0 Å². The fourth-order valence-electron chi connectivity index (χ4n) is 2.07. The summed E-state index contributed by atoms with van der Waals surface area (Å²) in [6, 6.07) is 9.81. The van der Waals surface area contributed by atoms with Crippen molar-refractivity contribution < 1.29 is 14.3 Å². The van der Waals surface area contributed by atoms with Crippen LogP contribution in [0.25, 0.3) is 0 Å². The van der Waals surface area contributed by atoms with Gasteiger partial charge in [0.25, 0.3) is 11.6 Å². The monoisotopic (exact) mass is 300 g/mol. The Hall–Kier alpha value is -2.76. The molecule has 0 aliphatic rings. The zero-order valence-corrected chi connectivity index (χ0v) is 12.6. The lowest BCUT2D eigenvalue weighted by Gasteiger charge is -2.05. The number of benzene rings is 1. The first-order chi connectivity index (χ1) is 10.5. The van der Waals surface area contributed by atoms with Crippen molar-refractivity contribution in [3.63, 3.8) is 0 Å². The second-order valence-electron chi connectivity index (χ2n) is 5.01. The summed E-state index contributed by atoms with van der Waals surface area (Å²) in [6.45, 7) is 4.21. The zero-order chi connectivity index (χ0) is 16.1. The molecule has 114 valence electrons. The molecule has 0 fully saturated rings. The third-order valence-corrected chi connectivity index (χ3v) is 3.40.